The van der Waals surface area contributed by atoms with Crippen LogP contribution in [0.2, 0.25) is 0 Å². The number of carbonyl (C=O) groups is 1. The third-order valence-electron chi connectivity index (χ3n) is 8.69. The molecule has 1 aromatic heterocycles. The van der Waals surface area contributed by atoms with E-state index in [-0.39, 0.29) is 28.6 Å². The Kier molecular flexibility index (Phi) is 10.9. The number of halogens is 6. The molecule has 0 amide bonds. The molecule has 0 fully saturated rings. The van der Waals surface area contributed by atoms with Crippen LogP contribution in [0.4, 0.5) is 26.3 Å². The zero-order valence-corrected chi connectivity index (χ0v) is 28.1. The van der Waals surface area contributed by atoms with Crippen molar-refractivity contribution in [3.63, 3.8) is 0 Å². The number of aromatic carboxylic acids is 1. The van der Waals surface area contributed by atoms with Gasteiger partial charge >= 0.3 is 24.0 Å². The highest BCUT2D eigenvalue weighted by Crippen LogP contribution is 2.36. The molecule has 0 aliphatic carbocycles. The van der Waals surface area contributed by atoms with Crippen molar-refractivity contribution >= 4 is 12.0 Å². The summed E-state index contributed by atoms with van der Waals surface area (Å²) in [5.41, 5.74) is 2.04. The van der Waals surface area contributed by atoms with Gasteiger partial charge in [-0.2, -0.15) is 22.0 Å². The number of nitrogens with zero attached hydrogens (tertiary/aromatic N) is 1. The molecule has 0 spiro atoms. The summed E-state index contributed by atoms with van der Waals surface area (Å²) < 4.78 is 94.1. The molecule has 7 nitrogen and oxygen atoms in total. The summed E-state index contributed by atoms with van der Waals surface area (Å²) in [6, 6.07) is 26.0. The summed E-state index contributed by atoms with van der Waals surface area (Å²) in [6.07, 6.45) is -3.53. The lowest BCUT2D eigenvalue weighted by atomic mass is 9.91. The molecule has 6 rings (SSSR count). The number of carboxylic acid groups (broad SMARTS) is 1. The normalized spacial score (nSPS) is 12.6. The van der Waals surface area contributed by atoms with Crippen LogP contribution < -0.4 is 10.5 Å². The average Bonchev–Trinajstić information content (AvgIpc) is 3.60. The smallest absolute Gasteiger partial charge is 0.439 e. The van der Waals surface area contributed by atoms with Crippen LogP contribution in [0, 0.1) is 11.7 Å². The Hall–Kier alpha value is -6.37. The highest BCUT2D eigenvalue weighted by atomic mass is 19.4. The Morgan fingerprint density at radius 3 is 1.96 bits per heavy atom. The van der Waals surface area contributed by atoms with Gasteiger partial charge in [0.15, 0.2) is 5.82 Å². The first kappa shape index (κ1) is 37.4. The third-order valence-corrected chi connectivity index (χ3v) is 8.69. The van der Waals surface area contributed by atoms with Gasteiger partial charge in [0.1, 0.15) is 11.6 Å². The minimum atomic E-state index is -4.51. The zero-order chi connectivity index (χ0) is 38.5. The molecular formula is C41H30F6N2O5. The van der Waals surface area contributed by atoms with E-state index >= 15 is 8.78 Å². The Morgan fingerprint density at radius 1 is 0.796 bits per heavy atom. The monoisotopic (exact) mass is 744 g/mol. The SMILES string of the molecule is O=C(O)c1ccc(CC(/C=C/c2cc(F)ccc2OC(F)(F)c2ccc(-c3ccc(C(F)(F)F)cc3)cc2)CCc2ccc(-c3noc(=O)[nH]3)cc2)cc1. The molecule has 276 valence electrons. The Bertz CT molecular complexity index is 2300. The maximum atomic E-state index is 15.5. The fourth-order valence-corrected chi connectivity index (χ4v) is 5.78. The number of allylic oxidation sites excluding steroid dienone is 1. The van der Waals surface area contributed by atoms with Crippen LogP contribution >= 0.6 is 0 Å². The molecule has 0 aliphatic rings. The van der Waals surface area contributed by atoms with Gasteiger partial charge in [-0.15, -0.1) is 0 Å². The predicted octanol–water partition coefficient (Wildman–Crippen LogP) is 10.2. The van der Waals surface area contributed by atoms with Crippen LogP contribution in [0.3, 0.4) is 0 Å². The Balaban J connectivity index is 1.20. The maximum absolute atomic E-state index is 15.5. The van der Waals surface area contributed by atoms with E-state index in [9.17, 15) is 32.3 Å². The Morgan fingerprint density at radius 2 is 1.39 bits per heavy atom. The molecule has 0 radical (unpaired) electrons. The molecule has 0 saturated carbocycles. The fraction of sp³-hybridized carbons (Fsp3) is 0.146. The molecule has 0 bridgehead atoms. The lowest BCUT2D eigenvalue weighted by Gasteiger charge is -2.20. The molecule has 2 N–H and O–H groups in total. The second-order valence-corrected chi connectivity index (χ2v) is 12.5. The number of aryl methyl sites for hydroxylation is 1. The second kappa shape index (κ2) is 15.7. The van der Waals surface area contributed by atoms with Gasteiger partial charge in [0.2, 0.25) is 0 Å². The lowest BCUT2D eigenvalue weighted by Crippen LogP contribution is -2.22. The Labute approximate surface area is 304 Å². The minimum absolute atomic E-state index is 0.0493. The molecule has 0 saturated heterocycles. The van der Waals surface area contributed by atoms with E-state index in [0.29, 0.717) is 36.0 Å². The lowest BCUT2D eigenvalue weighted by molar-refractivity contribution is -0.185. The number of rotatable bonds is 13. The third kappa shape index (κ3) is 9.34. The molecule has 6 aromatic rings. The number of H-pyrrole nitrogens is 1. The van der Waals surface area contributed by atoms with Gasteiger partial charge in [-0.1, -0.05) is 78.0 Å². The first-order valence-electron chi connectivity index (χ1n) is 16.5. The minimum Gasteiger partial charge on any atom is -0.478 e. The predicted molar refractivity (Wildman–Crippen MR) is 188 cm³/mol. The first-order valence-corrected chi connectivity index (χ1v) is 16.5. The fourth-order valence-electron chi connectivity index (χ4n) is 5.78. The molecular weight excluding hydrogens is 714 g/mol. The number of hydrogen-bond acceptors (Lipinski definition) is 5. The van der Waals surface area contributed by atoms with Gasteiger partial charge in [0.25, 0.3) is 0 Å². The summed E-state index contributed by atoms with van der Waals surface area (Å²) in [4.78, 5) is 25.2. The van der Waals surface area contributed by atoms with E-state index in [1.807, 2.05) is 12.1 Å². The average molecular weight is 745 g/mol. The van der Waals surface area contributed by atoms with E-state index in [0.717, 1.165) is 53.6 Å². The number of aromatic nitrogens is 2. The van der Waals surface area contributed by atoms with Crippen LogP contribution in [0.1, 0.15) is 44.6 Å². The number of ether oxygens (including phenoxy) is 1. The van der Waals surface area contributed by atoms with Crippen LogP contribution in [0.5, 0.6) is 5.75 Å². The van der Waals surface area contributed by atoms with Gasteiger partial charge < -0.3 is 9.84 Å². The summed E-state index contributed by atoms with van der Waals surface area (Å²) in [5.74, 6) is -2.66. The molecule has 5 aromatic carbocycles. The number of carboxylic acids is 1. The van der Waals surface area contributed by atoms with E-state index in [1.54, 1.807) is 30.3 Å². The quantitative estimate of drug-likeness (QED) is 0.114. The number of alkyl halides is 5. The van der Waals surface area contributed by atoms with Crippen molar-refractivity contribution in [1.29, 1.82) is 0 Å². The number of benzene rings is 5. The number of nitrogens with one attached hydrogen (secondary N) is 1. The first-order chi connectivity index (χ1) is 25.7. The van der Waals surface area contributed by atoms with Crippen molar-refractivity contribution in [2.45, 2.75) is 31.5 Å². The summed E-state index contributed by atoms with van der Waals surface area (Å²) in [6.45, 7) is 0. The molecule has 54 heavy (non-hydrogen) atoms. The zero-order valence-electron chi connectivity index (χ0n) is 28.1. The number of aromatic amines is 1. The van der Waals surface area contributed by atoms with Crippen molar-refractivity contribution in [1.82, 2.24) is 10.1 Å². The van der Waals surface area contributed by atoms with Crippen LogP contribution in [0.25, 0.3) is 28.6 Å². The molecule has 0 aliphatic heterocycles. The van der Waals surface area contributed by atoms with Crippen molar-refractivity contribution < 1.29 is 45.5 Å². The summed E-state index contributed by atoms with van der Waals surface area (Å²) >= 11 is 0. The van der Waals surface area contributed by atoms with Gasteiger partial charge in [-0.3, -0.25) is 9.51 Å². The molecule has 1 atom stereocenters. The summed E-state index contributed by atoms with van der Waals surface area (Å²) in [7, 11) is 0. The molecule has 1 unspecified atom stereocenters. The van der Waals surface area contributed by atoms with Crippen LogP contribution in [0.15, 0.2) is 131 Å². The van der Waals surface area contributed by atoms with Gasteiger partial charge in [-0.05, 0) is 102 Å². The van der Waals surface area contributed by atoms with Gasteiger partial charge in [0, 0.05) is 11.1 Å². The highest BCUT2D eigenvalue weighted by molar-refractivity contribution is 5.87. The van der Waals surface area contributed by atoms with Gasteiger partial charge in [-0.25, -0.2) is 14.0 Å². The molecule has 1 heterocycles. The van der Waals surface area contributed by atoms with E-state index in [1.165, 1.54) is 42.5 Å². The van der Waals surface area contributed by atoms with Crippen LogP contribution in [-0.4, -0.2) is 21.2 Å². The van der Waals surface area contributed by atoms with E-state index in [4.69, 9.17) is 4.74 Å². The van der Waals surface area contributed by atoms with Crippen molar-refractivity contribution in [2.75, 3.05) is 0 Å². The number of hydrogen-bond donors (Lipinski definition) is 2. The molecule has 13 heteroatoms. The van der Waals surface area contributed by atoms with E-state index < -0.39 is 41.0 Å². The van der Waals surface area contributed by atoms with Crippen molar-refractivity contribution in [3.05, 3.63) is 171 Å². The van der Waals surface area contributed by atoms with E-state index in [2.05, 4.69) is 14.7 Å². The highest BCUT2D eigenvalue weighted by Gasteiger charge is 2.35. The van der Waals surface area contributed by atoms with Crippen molar-refractivity contribution in [3.8, 4) is 28.3 Å². The topological polar surface area (TPSA) is 105 Å². The second-order valence-electron chi connectivity index (χ2n) is 12.5. The largest absolute Gasteiger partial charge is 0.478 e. The van der Waals surface area contributed by atoms with Crippen LogP contribution in [-0.2, 0) is 25.1 Å². The van der Waals surface area contributed by atoms with Crippen molar-refractivity contribution in [2.24, 2.45) is 5.92 Å². The van der Waals surface area contributed by atoms with Gasteiger partial charge in [0.05, 0.1) is 16.7 Å². The standard InChI is InChI=1S/C41H30F6N2O5/c42-35-21-22-36(53-41(46,47)34-19-15-29(16-20-34)28-13-17-33(18-14-28)40(43,44)45)32(24-35)12-7-26(23-27-5-10-31(11-6-27)38(50)51)2-1-25-3-8-30(9-4-25)37-48-39(52)54-49-37/h3-22,24,26H,1-2,23H2,(H,50,51)(H,48,49,52)/b12-7+. The maximum Gasteiger partial charge on any atom is 0.439 e. The summed E-state index contributed by atoms with van der Waals surface area (Å²) in [5, 5.41) is 13.0.